The molecule has 0 fully saturated rings. The predicted molar refractivity (Wildman–Crippen MR) is 59.9 cm³/mol. The minimum absolute atomic E-state index is 0.132. The number of primary amides is 1. The Bertz CT molecular complexity index is 155. The average molecular weight is 250 g/mol. The van der Waals surface area contributed by atoms with Gasteiger partial charge in [-0.05, 0) is 25.7 Å². The molecule has 0 saturated heterocycles. The Morgan fingerprint density at radius 1 is 1.31 bits per heavy atom. The van der Waals surface area contributed by atoms with Gasteiger partial charge in [0.25, 0.3) is 0 Å². The molecule has 0 aromatic rings. The number of unbranched alkanes of at least 4 members (excludes halogenated alkanes) is 1. The molecule has 0 aromatic heterocycles. The fraction of sp³-hybridized carbons (Fsp3) is 0.900. The van der Waals surface area contributed by atoms with Gasteiger partial charge in [0.05, 0.1) is 0 Å². The summed E-state index contributed by atoms with van der Waals surface area (Å²) in [6, 6.07) is 0. The number of alkyl halides is 1. The summed E-state index contributed by atoms with van der Waals surface area (Å²) in [4.78, 5) is 11.3. The zero-order chi connectivity index (χ0) is 10.3. The fourth-order valence-electron chi connectivity index (χ4n) is 1.63. The highest BCUT2D eigenvalue weighted by atomic mass is 79.9. The summed E-state index contributed by atoms with van der Waals surface area (Å²) >= 11 is 3.38. The Balaban J connectivity index is 4.14. The van der Waals surface area contributed by atoms with Gasteiger partial charge in [-0.3, -0.25) is 4.79 Å². The van der Waals surface area contributed by atoms with Gasteiger partial charge < -0.3 is 5.73 Å². The third-order valence-corrected chi connectivity index (χ3v) is 3.48. The van der Waals surface area contributed by atoms with Crippen molar-refractivity contribution in [2.45, 2.75) is 46.0 Å². The highest BCUT2D eigenvalue weighted by molar-refractivity contribution is 9.09. The van der Waals surface area contributed by atoms with E-state index in [0.29, 0.717) is 0 Å². The Hall–Kier alpha value is -0.0500. The van der Waals surface area contributed by atoms with Crippen LogP contribution < -0.4 is 5.73 Å². The Morgan fingerprint density at radius 3 is 2.15 bits per heavy atom. The highest BCUT2D eigenvalue weighted by Crippen LogP contribution is 2.32. The largest absolute Gasteiger partial charge is 0.369 e. The molecule has 0 heterocycles. The van der Waals surface area contributed by atoms with E-state index in [-0.39, 0.29) is 11.3 Å². The van der Waals surface area contributed by atoms with Crippen molar-refractivity contribution in [2.24, 2.45) is 11.1 Å². The van der Waals surface area contributed by atoms with Crippen LogP contribution in [0.4, 0.5) is 0 Å². The van der Waals surface area contributed by atoms with Crippen molar-refractivity contribution in [1.29, 1.82) is 0 Å². The maximum absolute atomic E-state index is 11.3. The average Bonchev–Trinajstić information content (AvgIpc) is 2.13. The maximum Gasteiger partial charge on any atom is 0.223 e. The second kappa shape index (κ2) is 6.41. The second-order valence-electron chi connectivity index (χ2n) is 3.50. The topological polar surface area (TPSA) is 43.1 Å². The molecule has 0 unspecified atom stereocenters. The van der Waals surface area contributed by atoms with Crippen molar-refractivity contribution < 1.29 is 4.79 Å². The lowest BCUT2D eigenvalue weighted by molar-refractivity contribution is -0.128. The van der Waals surface area contributed by atoms with Gasteiger partial charge >= 0.3 is 0 Å². The normalized spacial score (nSPS) is 11.6. The van der Waals surface area contributed by atoms with Crippen LogP contribution >= 0.6 is 15.9 Å². The lowest BCUT2D eigenvalue weighted by Crippen LogP contribution is -2.36. The number of hydrogen-bond donors (Lipinski definition) is 1. The number of halogens is 1. The van der Waals surface area contributed by atoms with Crippen LogP contribution in [0.1, 0.15) is 46.0 Å². The summed E-state index contributed by atoms with van der Waals surface area (Å²) in [5.41, 5.74) is 5.18. The van der Waals surface area contributed by atoms with Crippen LogP contribution in [0.15, 0.2) is 0 Å². The van der Waals surface area contributed by atoms with Crippen molar-refractivity contribution in [3.05, 3.63) is 0 Å². The molecule has 0 bridgehead atoms. The van der Waals surface area contributed by atoms with E-state index in [0.717, 1.165) is 37.4 Å². The van der Waals surface area contributed by atoms with E-state index in [1.165, 1.54) is 0 Å². The molecule has 13 heavy (non-hydrogen) atoms. The second-order valence-corrected chi connectivity index (χ2v) is 4.29. The van der Waals surface area contributed by atoms with E-state index in [1.54, 1.807) is 0 Å². The van der Waals surface area contributed by atoms with Crippen molar-refractivity contribution in [2.75, 3.05) is 5.33 Å². The summed E-state index contributed by atoms with van der Waals surface area (Å²) in [6.07, 6.45) is 4.86. The predicted octanol–water partition coefficient (Wildman–Crippen LogP) is 2.84. The number of hydrogen-bond acceptors (Lipinski definition) is 1. The maximum atomic E-state index is 11.3. The van der Waals surface area contributed by atoms with Crippen LogP contribution in [0, 0.1) is 5.41 Å². The number of carbonyl (C=O) groups is 1. The first kappa shape index (κ1) is 12.9. The quantitative estimate of drug-likeness (QED) is 0.548. The van der Waals surface area contributed by atoms with Gasteiger partial charge in [0.15, 0.2) is 0 Å². The molecule has 0 aromatic carbocycles. The Morgan fingerprint density at radius 2 is 1.85 bits per heavy atom. The molecule has 1 amide bonds. The first-order chi connectivity index (χ1) is 6.13. The third-order valence-electron chi connectivity index (χ3n) is 2.92. The molecule has 2 nitrogen and oxygen atoms in total. The van der Waals surface area contributed by atoms with Crippen LogP contribution in [0.5, 0.6) is 0 Å². The van der Waals surface area contributed by atoms with Crippen LogP contribution in [0.3, 0.4) is 0 Å². The molecule has 0 radical (unpaired) electrons. The van der Waals surface area contributed by atoms with E-state index >= 15 is 0 Å². The molecule has 0 atom stereocenters. The van der Waals surface area contributed by atoms with Crippen molar-refractivity contribution >= 4 is 21.8 Å². The minimum Gasteiger partial charge on any atom is -0.369 e. The van der Waals surface area contributed by atoms with E-state index in [9.17, 15) is 4.79 Å². The molecule has 0 saturated carbocycles. The molecule has 78 valence electrons. The molecular formula is C10H20BrNO. The van der Waals surface area contributed by atoms with Crippen molar-refractivity contribution in [3.8, 4) is 0 Å². The number of carbonyl (C=O) groups excluding carboxylic acids is 1. The highest BCUT2D eigenvalue weighted by Gasteiger charge is 2.31. The van der Waals surface area contributed by atoms with Crippen molar-refractivity contribution in [3.63, 3.8) is 0 Å². The number of nitrogens with two attached hydrogens (primary N) is 1. The van der Waals surface area contributed by atoms with Gasteiger partial charge in [0, 0.05) is 10.7 Å². The van der Waals surface area contributed by atoms with Crippen LogP contribution in [-0.4, -0.2) is 11.2 Å². The number of rotatable bonds is 7. The van der Waals surface area contributed by atoms with Crippen molar-refractivity contribution in [1.82, 2.24) is 0 Å². The van der Waals surface area contributed by atoms with Gasteiger partial charge in [-0.25, -0.2) is 0 Å². The summed E-state index contributed by atoms with van der Waals surface area (Å²) < 4.78 is 0. The fourth-order valence-corrected chi connectivity index (χ4v) is 2.03. The smallest absolute Gasteiger partial charge is 0.223 e. The van der Waals surface area contributed by atoms with Crippen LogP contribution in [0.25, 0.3) is 0 Å². The minimum atomic E-state index is -0.248. The lowest BCUT2D eigenvalue weighted by atomic mass is 9.77. The summed E-state index contributed by atoms with van der Waals surface area (Å²) in [5.74, 6) is -0.132. The molecule has 3 heteroatoms. The van der Waals surface area contributed by atoms with E-state index in [1.807, 2.05) is 13.8 Å². The molecule has 0 aliphatic heterocycles. The number of amides is 1. The third kappa shape index (κ3) is 3.67. The van der Waals surface area contributed by atoms with Gasteiger partial charge in [0.2, 0.25) is 5.91 Å². The van der Waals surface area contributed by atoms with E-state index in [2.05, 4.69) is 15.9 Å². The van der Waals surface area contributed by atoms with E-state index < -0.39 is 0 Å². The molecular weight excluding hydrogens is 230 g/mol. The van der Waals surface area contributed by atoms with Gasteiger partial charge in [-0.1, -0.05) is 36.2 Å². The monoisotopic (exact) mass is 249 g/mol. The first-order valence-electron chi connectivity index (χ1n) is 4.98. The molecule has 0 spiro atoms. The van der Waals surface area contributed by atoms with Crippen LogP contribution in [-0.2, 0) is 4.79 Å². The van der Waals surface area contributed by atoms with Gasteiger partial charge in [0.1, 0.15) is 0 Å². The van der Waals surface area contributed by atoms with Crippen LogP contribution in [0.2, 0.25) is 0 Å². The van der Waals surface area contributed by atoms with E-state index in [4.69, 9.17) is 5.73 Å². The lowest BCUT2D eigenvalue weighted by Gasteiger charge is -2.27. The molecule has 0 rings (SSSR count). The SMILES string of the molecule is CCC(CC)(CCCCBr)C(N)=O. The Labute approximate surface area is 89.4 Å². The standard InChI is InChI=1S/C10H20BrNO/c1-3-10(4-2,9(12)13)7-5-6-8-11/h3-8H2,1-2H3,(H2,12,13). The molecule has 0 aliphatic rings. The zero-order valence-electron chi connectivity index (χ0n) is 8.61. The van der Waals surface area contributed by atoms with Gasteiger partial charge in [-0.15, -0.1) is 0 Å². The first-order valence-corrected chi connectivity index (χ1v) is 6.11. The van der Waals surface area contributed by atoms with Gasteiger partial charge in [-0.2, -0.15) is 0 Å². The summed E-state index contributed by atoms with van der Waals surface area (Å²) in [7, 11) is 0. The molecule has 2 N–H and O–H groups in total. The summed E-state index contributed by atoms with van der Waals surface area (Å²) in [5, 5.41) is 1.01. The Kier molecular flexibility index (Phi) is 6.39. The summed E-state index contributed by atoms with van der Waals surface area (Å²) in [6.45, 7) is 4.09. The zero-order valence-corrected chi connectivity index (χ0v) is 10.2. The molecule has 0 aliphatic carbocycles.